The highest BCUT2D eigenvalue weighted by Crippen LogP contribution is 2.27. The quantitative estimate of drug-likeness (QED) is 0.814. The molecule has 1 aromatic rings. The van der Waals surface area contributed by atoms with Gasteiger partial charge in [-0.25, -0.2) is 4.39 Å². The molecule has 0 heterocycles. The zero-order valence-electron chi connectivity index (χ0n) is 9.39. The number of hydrogen-bond acceptors (Lipinski definition) is 1. The number of aryl methyl sites for hydroxylation is 2. The van der Waals surface area contributed by atoms with E-state index in [-0.39, 0.29) is 5.82 Å². The lowest BCUT2D eigenvalue weighted by molar-refractivity contribution is -0.138. The van der Waals surface area contributed by atoms with Crippen LogP contribution in [0.25, 0.3) is 0 Å². The van der Waals surface area contributed by atoms with Gasteiger partial charge >= 0.3 is 5.97 Å². The van der Waals surface area contributed by atoms with Crippen molar-refractivity contribution in [3.63, 3.8) is 0 Å². The van der Waals surface area contributed by atoms with E-state index in [2.05, 4.69) is 0 Å². The van der Waals surface area contributed by atoms with E-state index in [0.717, 1.165) is 5.56 Å². The highest BCUT2D eigenvalue weighted by atomic mass is 19.1. The van der Waals surface area contributed by atoms with E-state index >= 15 is 0 Å². The molecule has 0 aliphatic carbocycles. The molecule has 1 N–H and O–H groups in total. The number of rotatable bonds is 2. The highest BCUT2D eigenvalue weighted by Gasteiger charge is 2.21. The van der Waals surface area contributed by atoms with Crippen LogP contribution in [0.2, 0.25) is 0 Å². The monoisotopic (exact) mass is 210 g/mol. The summed E-state index contributed by atoms with van der Waals surface area (Å²) < 4.78 is 13.6. The molecular formula is C12H15FO2. The Morgan fingerprint density at radius 1 is 1.33 bits per heavy atom. The minimum absolute atomic E-state index is 0.302. The van der Waals surface area contributed by atoms with Crippen molar-refractivity contribution in [3.05, 3.63) is 34.1 Å². The number of carbonyl (C=O) groups is 1. The van der Waals surface area contributed by atoms with Gasteiger partial charge in [-0.3, -0.25) is 4.79 Å². The van der Waals surface area contributed by atoms with Crippen LogP contribution in [0.3, 0.4) is 0 Å². The minimum Gasteiger partial charge on any atom is -0.481 e. The Hall–Kier alpha value is -1.38. The standard InChI is InChI=1S/C12H15FO2/c1-6-5-7(2)11(13)8(3)10(6)9(4)12(14)15/h5,9H,1-4H3,(H,14,15). The molecule has 0 spiro atoms. The second kappa shape index (κ2) is 4.01. The maximum Gasteiger partial charge on any atom is 0.310 e. The average Bonchev–Trinajstić information content (AvgIpc) is 2.14. The van der Waals surface area contributed by atoms with Crippen molar-refractivity contribution in [2.24, 2.45) is 0 Å². The molecule has 15 heavy (non-hydrogen) atoms. The first-order chi connectivity index (χ1) is 6.86. The third-order valence-corrected chi connectivity index (χ3v) is 2.74. The van der Waals surface area contributed by atoms with Crippen molar-refractivity contribution < 1.29 is 14.3 Å². The number of carboxylic acids is 1. The van der Waals surface area contributed by atoms with Crippen molar-refractivity contribution in [3.8, 4) is 0 Å². The van der Waals surface area contributed by atoms with Gasteiger partial charge < -0.3 is 5.11 Å². The maximum absolute atomic E-state index is 13.6. The Morgan fingerprint density at radius 2 is 1.87 bits per heavy atom. The highest BCUT2D eigenvalue weighted by molar-refractivity contribution is 5.76. The molecule has 0 aromatic heterocycles. The summed E-state index contributed by atoms with van der Waals surface area (Å²) in [6, 6.07) is 1.69. The molecule has 1 aromatic carbocycles. The Kier molecular flexibility index (Phi) is 3.12. The first-order valence-corrected chi connectivity index (χ1v) is 4.85. The molecule has 0 aliphatic heterocycles. The van der Waals surface area contributed by atoms with Gasteiger partial charge in [0, 0.05) is 0 Å². The molecule has 0 saturated heterocycles. The zero-order valence-corrected chi connectivity index (χ0v) is 9.39. The van der Waals surface area contributed by atoms with Gasteiger partial charge in [-0.1, -0.05) is 6.07 Å². The fourth-order valence-electron chi connectivity index (χ4n) is 1.97. The number of aliphatic carboxylic acids is 1. The fraction of sp³-hybridized carbons (Fsp3) is 0.417. The molecule has 0 fully saturated rings. The van der Waals surface area contributed by atoms with Gasteiger partial charge in [-0.15, -0.1) is 0 Å². The minimum atomic E-state index is -0.926. The van der Waals surface area contributed by atoms with Crippen LogP contribution < -0.4 is 0 Å². The van der Waals surface area contributed by atoms with Crippen LogP contribution >= 0.6 is 0 Å². The summed E-state index contributed by atoms with van der Waals surface area (Å²) in [5.74, 6) is -1.90. The lowest BCUT2D eigenvalue weighted by Crippen LogP contribution is -2.12. The molecule has 0 aliphatic rings. The molecule has 1 atom stereocenters. The van der Waals surface area contributed by atoms with Crippen LogP contribution in [-0.4, -0.2) is 11.1 Å². The van der Waals surface area contributed by atoms with E-state index in [1.807, 2.05) is 6.92 Å². The fourth-order valence-corrected chi connectivity index (χ4v) is 1.97. The van der Waals surface area contributed by atoms with E-state index in [9.17, 15) is 9.18 Å². The van der Waals surface area contributed by atoms with Crippen LogP contribution in [0, 0.1) is 26.6 Å². The third kappa shape index (κ3) is 2.01. The third-order valence-electron chi connectivity index (χ3n) is 2.74. The van der Waals surface area contributed by atoms with Gasteiger partial charge in [0.2, 0.25) is 0 Å². The van der Waals surface area contributed by atoms with E-state index < -0.39 is 11.9 Å². The molecule has 2 nitrogen and oxygen atoms in total. The molecule has 3 heteroatoms. The smallest absolute Gasteiger partial charge is 0.310 e. The SMILES string of the molecule is Cc1cc(C)c(C(C)C(=O)O)c(C)c1F. The Balaban J connectivity index is 3.42. The largest absolute Gasteiger partial charge is 0.481 e. The molecule has 82 valence electrons. The van der Waals surface area contributed by atoms with Crippen molar-refractivity contribution in [1.29, 1.82) is 0 Å². The molecule has 1 unspecified atom stereocenters. The molecule has 0 amide bonds. The van der Waals surface area contributed by atoms with Gasteiger partial charge in [0.05, 0.1) is 5.92 Å². The summed E-state index contributed by atoms with van der Waals surface area (Å²) in [6.45, 7) is 6.70. The normalized spacial score (nSPS) is 12.6. The molecule has 0 radical (unpaired) electrons. The summed E-state index contributed by atoms with van der Waals surface area (Å²) in [4.78, 5) is 10.9. The first-order valence-electron chi connectivity index (χ1n) is 4.85. The Bertz CT molecular complexity index is 411. The summed E-state index contributed by atoms with van der Waals surface area (Å²) in [5, 5.41) is 8.92. The zero-order chi connectivity index (χ0) is 11.7. The van der Waals surface area contributed by atoms with Gasteiger partial charge in [-0.05, 0) is 49.9 Å². The molecule has 0 bridgehead atoms. The lowest BCUT2D eigenvalue weighted by atomic mass is 9.90. The lowest BCUT2D eigenvalue weighted by Gasteiger charge is -2.16. The predicted octanol–water partition coefficient (Wildman–Crippen LogP) is 2.94. The molecule has 0 saturated carbocycles. The maximum atomic E-state index is 13.6. The van der Waals surface area contributed by atoms with E-state index in [1.54, 1.807) is 26.8 Å². The van der Waals surface area contributed by atoms with E-state index in [0.29, 0.717) is 16.7 Å². The topological polar surface area (TPSA) is 37.3 Å². The summed E-state index contributed by atoms with van der Waals surface area (Å²) in [6.07, 6.45) is 0. The van der Waals surface area contributed by atoms with Crippen LogP contribution in [0.15, 0.2) is 6.07 Å². The number of halogens is 1. The Morgan fingerprint density at radius 3 is 2.33 bits per heavy atom. The second-order valence-corrected chi connectivity index (χ2v) is 3.92. The van der Waals surface area contributed by atoms with Crippen LogP contribution in [0.4, 0.5) is 4.39 Å². The van der Waals surface area contributed by atoms with Crippen LogP contribution in [0.1, 0.15) is 35.1 Å². The van der Waals surface area contributed by atoms with Crippen molar-refractivity contribution >= 4 is 5.97 Å². The van der Waals surface area contributed by atoms with E-state index in [1.165, 1.54) is 0 Å². The van der Waals surface area contributed by atoms with Gasteiger partial charge in [0.15, 0.2) is 0 Å². The van der Waals surface area contributed by atoms with Gasteiger partial charge in [-0.2, -0.15) is 0 Å². The predicted molar refractivity (Wildman–Crippen MR) is 56.7 cm³/mol. The molecule has 1 rings (SSSR count). The van der Waals surface area contributed by atoms with E-state index in [4.69, 9.17) is 5.11 Å². The number of hydrogen-bond donors (Lipinski definition) is 1. The molecular weight excluding hydrogens is 195 g/mol. The number of benzene rings is 1. The van der Waals surface area contributed by atoms with Crippen LogP contribution in [0.5, 0.6) is 0 Å². The van der Waals surface area contributed by atoms with Gasteiger partial charge in [0.25, 0.3) is 0 Å². The van der Waals surface area contributed by atoms with Crippen molar-refractivity contribution in [2.45, 2.75) is 33.6 Å². The summed E-state index contributed by atoms with van der Waals surface area (Å²) >= 11 is 0. The first kappa shape index (κ1) is 11.7. The average molecular weight is 210 g/mol. The van der Waals surface area contributed by atoms with Gasteiger partial charge in [0.1, 0.15) is 5.82 Å². The van der Waals surface area contributed by atoms with Crippen LogP contribution in [-0.2, 0) is 4.79 Å². The Labute approximate surface area is 88.7 Å². The number of carboxylic acid groups (broad SMARTS) is 1. The van der Waals surface area contributed by atoms with Crippen molar-refractivity contribution in [2.75, 3.05) is 0 Å². The second-order valence-electron chi connectivity index (χ2n) is 3.92. The van der Waals surface area contributed by atoms with Crippen molar-refractivity contribution in [1.82, 2.24) is 0 Å². The summed E-state index contributed by atoms with van der Waals surface area (Å²) in [7, 11) is 0. The summed E-state index contributed by atoms with van der Waals surface area (Å²) in [5.41, 5.74) is 2.43.